The predicted molar refractivity (Wildman–Crippen MR) is 71.7 cm³/mol. The monoisotopic (exact) mass is 220 g/mol. The molecule has 16 heavy (non-hydrogen) atoms. The summed E-state index contributed by atoms with van der Waals surface area (Å²) >= 11 is 0. The summed E-state index contributed by atoms with van der Waals surface area (Å²) in [6.45, 7) is 6.43. The third-order valence-corrected chi connectivity index (χ3v) is 3.13. The van der Waals surface area contributed by atoms with Gasteiger partial charge < -0.3 is 10.6 Å². The van der Waals surface area contributed by atoms with Crippen LogP contribution in [0.3, 0.4) is 0 Å². The van der Waals surface area contributed by atoms with E-state index in [0.717, 1.165) is 11.6 Å². The van der Waals surface area contributed by atoms with Crippen molar-refractivity contribution in [3.05, 3.63) is 29.8 Å². The molecule has 1 fully saturated rings. The minimum absolute atomic E-state index is 0.742. The van der Waals surface area contributed by atoms with Crippen LogP contribution in [0.15, 0.2) is 24.3 Å². The Morgan fingerprint density at radius 1 is 1.06 bits per heavy atom. The highest BCUT2D eigenvalue weighted by Gasteiger charge is 2.17. The molecular weight excluding hydrogens is 196 g/mol. The zero-order valence-corrected chi connectivity index (χ0v) is 10.7. The highest BCUT2D eigenvalue weighted by atomic mass is 15.1. The summed E-state index contributed by atoms with van der Waals surface area (Å²) in [6.07, 6.45) is 2.56. The van der Waals surface area contributed by atoms with Crippen LogP contribution < -0.4 is 5.73 Å². The number of likely N-dealkylation sites (tertiary alicyclic amines) is 1. The first-order valence-corrected chi connectivity index (χ1v) is 6.29. The molecule has 0 aliphatic carbocycles. The Morgan fingerprint density at radius 2 is 1.56 bits per heavy atom. The van der Waals surface area contributed by atoms with Gasteiger partial charge in [0.1, 0.15) is 0 Å². The summed E-state index contributed by atoms with van der Waals surface area (Å²) in [5.74, 6) is 0.742. The number of hydrogen-bond donors (Lipinski definition) is 1. The summed E-state index contributed by atoms with van der Waals surface area (Å²) in [5.41, 5.74) is 7.98. The van der Waals surface area contributed by atoms with Crippen LogP contribution >= 0.6 is 0 Å². The lowest BCUT2D eigenvalue weighted by Gasteiger charge is -2.29. The molecule has 0 radical (unpaired) electrons. The van der Waals surface area contributed by atoms with E-state index in [-0.39, 0.29) is 0 Å². The van der Waals surface area contributed by atoms with Crippen molar-refractivity contribution >= 4 is 5.69 Å². The van der Waals surface area contributed by atoms with Gasteiger partial charge in [-0.3, -0.25) is 0 Å². The van der Waals surface area contributed by atoms with Gasteiger partial charge >= 0.3 is 0 Å². The van der Waals surface area contributed by atoms with Crippen LogP contribution in [0.2, 0.25) is 0 Å². The number of benzene rings is 1. The second-order valence-electron chi connectivity index (χ2n) is 4.24. The predicted octanol–water partition coefficient (Wildman–Crippen LogP) is 3.10. The molecule has 0 unspecified atom stereocenters. The van der Waals surface area contributed by atoms with E-state index in [1.54, 1.807) is 0 Å². The first-order chi connectivity index (χ1) is 7.75. The third-order valence-electron chi connectivity index (χ3n) is 3.13. The molecule has 1 aromatic carbocycles. The SMILES string of the molecule is CC.CN1CCC(c2ccc(N)cc2)CC1. The van der Waals surface area contributed by atoms with Crippen LogP contribution in [0.1, 0.15) is 38.2 Å². The van der Waals surface area contributed by atoms with E-state index < -0.39 is 0 Å². The molecule has 1 aromatic rings. The maximum atomic E-state index is 5.67. The van der Waals surface area contributed by atoms with Crippen LogP contribution in [0.5, 0.6) is 0 Å². The minimum Gasteiger partial charge on any atom is -0.399 e. The van der Waals surface area contributed by atoms with Crippen LogP contribution in [0.25, 0.3) is 0 Å². The van der Waals surface area contributed by atoms with E-state index in [9.17, 15) is 0 Å². The summed E-state index contributed by atoms with van der Waals surface area (Å²) in [7, 11) is 2.19. The molecule has 0 saturated carbocycles. The highest BCUT2D eigenvalue weighted by Crippen LogP contribution is 2.27. The van der Waals surface area contributed by atoms with Gasteiger partial charge in [-0.15, -0.1) is 0 Å². The van der Waals surface area contributed by atoms with E-state index in [2.05, 4.69) is 24.1 Å². The maximum Gasteiger partial charge on any atom is 0.0314 e. The molecule has 2 heteroatoms. The standard InChI is InChI=1S/C12H18N2.C2H6/c1-14-8-6-11(7-9-14)10-2-4-12(13)5-3-10;1-2/h2-5,11H,6-9,13H2,1H3;1-2H3. The molecule has 1 heterocycles. The largest absolute Gasteiger partial charge is 0.399 e. The van der Waals surface area contributed by atoms with Gasteiger partial charge in [-0.1, -0.05) is 26.0 Å². The van der Waals surface area contributed by atoms with Gasteiger partial charge in [-0.2, -0.15) is 0 Å². The second-order valence-corrected chi connectivity index (χ2v) is 4.24. The van der Waals surface area contributed by atoms with E-state index in [1.807, 2.05) is 26.0 Å². The minimum atomic E-state index is 0.742. The lowest BCUT2D eigenvalue weighted by atomic mass is 9.89. The summed E-state index contributed by atoms with van der Waals surface area (Å²) < 4.78 is 0. The first-order valence-electron chi connectivity index (χ1n) is 6.29. The number of anilines is 1. The fraction of sp³-hybridized carbons (Fsp3) is 0.571. The molecule has 2 rings (SSSR count). The van der Waals surface area contributed by atoms with Gasteiger partial charge in [-0.25, -0.2) is 0 Å². The van der Waals surface area contributed by atoms with Crippen LogP contribution in [0, 0.1) is 0 Å². The van der Waals surface area contributed by atoms with Gasteiger partial charge in [0.25, 0.3) is 0 Å². The molecule has 0 atom stereocenters. The van der Waals surface area contributed by atoms with Crippen molar-refractivity contribution in [1.29, 1.82) is 0 Å². The molecule has 90 valence electrons. The lowest BCUT2D eigenvalue weighted by Crippen LogP contribution is -2.29. The Kier molecular flexibility index (Phi) is 5.33. The Labute approximate surface area is 99.5 Å². The van der Waals surface area contributed by atoms with Crippen molar-refractivity contribution in [2.24, 2.45) is 0 Å². The molecule has 1 saturated heterocycles. The van der Waals surface area contributed by atoms with E-state index in [1.165, 1.54) is 31.5 Å². The van der Waals surface area contributed by atoms with Crippen LogP contribution in [0.4, 0.5) is 5.69 Å². The maximum absolute atomic E-state index is 5.67. The number of nitrogen functional groups attached to an aromatic ring is 1. The molecule has 0 spiro atoms. The van der Waals surface area contributed by atoms with Crippen LogP contribution in [-0.4, -0.2) is 25.0 Å². The molecule has 1 aliphatic heterocycles. The average molecular weight is 220 g/mol. The van der Waals surface area contributed by atoms with Crippen molar-refractivity contribution in [2.75, 3.05) is 25.9 Å². The topological polar surface area (TPSA) is 29.3 Å². The van der Waals surface area contributed by atoms with Gasteiger partial charge in [0.05, 0.1) is 0 Å². The number of nitrogens with zero attached hydrogens (tertiary/aromatic N) is 1. The van der Waals surface area contributed by atoms with Crippen molar-refractivity contribution in [1.82, 2.24) is 4.90 Å². The highest BCUT2D eigenvalue weighted by molar-refractivity contribution is 5.40. The van der Waals surface area contributed by atoms with E-state index in [4.69, 9.17) is 5.73 Å². The van der Waals surface area contributed by atoms with Crippen LogP contribution in [-0.2, 0) is 0 Å². The number of rotatable bonds is 1. The Balaban J connectivity index is 0.000000606. The molecule has 0 aromatic heterocycles. The number of piperidine rings is 1. The van der Waals surface area contributed by atoms with Gasteiger partial charge in [0.2, 0.25) is 0 Å². The fourth-order valence-corrected chi connectivity index (χ4v) is 2.11. The summed E-state index contributed by atoms with van der Waals surface area (Å²) in [4.78, 5) is 2.40. The van der Waals surface area contributed by atoms with Gasteiger partial charge in [-0.05, 0) is 56.6 Å². The average Bonchev–Trinajstić information content (AvgIpc) is 2.34. The van der Waals surface area contributed by atoms with Crippen molar-refractivity contribution < 1.29 is 0 Å². The Morgan fingerprint density at radius 3 is 2.06 bits per heavy atom. The zero-order valence-electron chi connectivity index (χ0n) is 10.7. The normalized spacial score (nSPS) is 17.7. The Hall–Kier alpha value is -1.02. The molecule has 2 N–H and O–H groups in total. The molecule has 2 nitrogen and oxygen atoms in total. The van der Waals surface area contributed by atoms with Crippen molar-refractivity contribution in [2.45, 2.75) is 32.6 Å². The fourth-order valence-electron chi connectivity index (χ4n) is 2.11. The van der Waals surface area contributed by atoms with Crippen molar-refractivity contribution in [3.63, 3.8) is 0 Å². The number of hydrogen-bond acceptors (Lipinski definition) is 2. The molecule has 1 aliphatic rings. The third kappa shape index (κ3) is 3.53. The van der Waals surface area contributed by atoms with E-state index in [0.29, 0.717) is 0 Å². The summed E-state index contributed by atoms with van der Waals surface area (Å²) in [5, 5.41) is 0. The summed E-state index contributed by atoms with van der Waals surface area (Å²) in [6, 6.07) is 8.36. The molecule has 0 amide bonds. The second kappa shape index (κ2) is 6.54. The number of nitrogens with two attached hydrogens (primary N) is 1. The van der Waals surface area contributed by atoms with Gasteiger partial charge in [0.15, 0.2) is 0 Å². The van der Waals surface area contributed by atoms with Gasteiger partial charge in [0, 0.05) is 5.69 Å². The van der Waals surface area contributed by atoms with E-state index >= 15 is 0 Å². The lowest BCUT2D eigenvalue weighted by molar-refractivity contribution is 0.255. The molecule has 0 bridgehead atoms. The zero-order chi connectivity index (χ0) is 12.0. The molecular formula is C14H24N2. The first kappa shape index (κ1) is 13.0. The smallest absolute Gasteiger partial charge is 0.0314 e. The van der Waals surface area contributed by atoms with Crippen molar-refractivity contribution in [3.8, 4) is 0 Å². The quantitative estimate of drug-likeness (QED) is 0.737. The Bertz CT molecular complexity index is 284.